The topological polar surface area (TPSA) is 88.9 Å². The number of thiazole rings is 1. The summed E-state index contributed by atoms with van der Waals surface area (Å²) in [6.07, 6.45) is 3.53. The summed E-state index contributed by atoms with van der Waals surface area (Å²) >= 11 is 13.1. The first-order chi connectivity index (χ1) is 12.9. The first-order valence-corrected chi connectivity index (χ1v) is 9.53. The van der Waals surface area contributed by atoms with Gasteiger partial charge in [-0.1, -0.05) is 23.2 Å². The molecular weight excluding hydrogens is 409 g/mol. The summed E-state index contributed by atoms with van der Waals surface area (Å²) in [5.74, 6) is -0.597. The molecule has 2 heterocycles. The van der Waals surface area contributed by atoms with Crippen molar-refractivity contribution >= 4 is 46.4 Å². The van der Waals surface area contributed by atoms with E-state index >= 15 is 0 Å². The molecule has 0 fully saturated rings. The zero-order valence-electron chi connectivity index (χ0n) is 14.2. The molecule has 0 aliphatic rings. The van der Waals surface area contributed by atoms with E-state index in [2.05, 4.69) is 20.7 Å². The Morgan fingerprint density at radius 3 is 2.56 bits per heavy atom. The maximum absolute atomic E-state index is 12.2. The molecule has 2 aromatic heterocycles. The van der Waals surface area contributed by atoms with E-state index in [9.17, 15) is 9.59 Å². The van der Waals surface area contributed by atoms with Crippen LogP contribution in [0.3, 0.4) is 0 Å². The normalized spacial score (nSPS) is 10.6. The van der Waals surface area contributed by atoms with E-state index < -0.39 is 0 Å². The molecule has 0 aliphatic carbocycles. The van der Waals surface area contributed by atoms with Gasteiger partial charge >= 0.3 is 0 Å². The molecule has 0 radical (unpaired) electrons. The molecule has 0 bridgehead atoms. The van der Waals surface area contributed by atoms with Gasteiger partial charge in [-0.2, -0.15) is 5.10 Å². The third-order valence-corrected chi connectivity index (χ3v) is 5.20. The van der Waals surface area contributed by atoms with Crippen LogP contribution in [0, 0.1) is 0 Å². The van der Waals surface area contributed by atoms with Gasteiger partial charge in [0.05, 0.1) is 16.2 Å². The van der Waals surface area contributed by atoms with E-state index in [-0.39, 0.29) is 24.9 Å². The van der Waals surface area contributed by atoms with Gasteiger partial charge in [0.2, 0.25) is 0 Å². The van der Waals surface area contributed by atoms with Gasteiger partial charge in [-0.3, -0.25) is 14.3 Å². The minimum atomic E-state index is -0.301. The predicted molar refractivity (Wildman–Crippen MR) is 105 cm³/mol. The van der Waals surface area contributed by atoms with Crippen molar-refractivity contribution in [3.63, 3.8) is 0 Å². The molecule has 0 atom stereocenters. The third kappa shape index (κ3) is 4.85. The fraction of sp³-hybridized carbons (Fsp3) is 0.176. The van der Waals surface area contributed by atoms with Crippen molar-refractivity contribution < 1.29 is 9.59 Å². The number of rotatable bonds is 6. The molecule has 0 spiro atoms. The summed E-state index contributed by atoms with van der Waals surface area (Å²) in [4.78, 5) is 28.5. The zero-order chi connectivity index (χ0) is 19.4. The molecule has 27 heavy (non-hydrogen) atoms. The minimum absolute atomic E-state index is 0.268. The number of carbonyl (C=O) groups excluding carboxylic acids is 2. The maximum Gasteiger partial charge on any atom is 0.270 e. The lowest BCUT2D eigenvalue weighted by Gasteiger charge is -2.07. The van der Waals surface area contributed by atoms with Crippen LogP contribution in [0.2, 0.25) is 10.0 Å². The summed E-state index contributed by atoms with van der Waals surface area (Å²) in [7, 11) is 1.82. The lowest BCUT2D eigenvalue weighted by Crippen LogP contribution is -2.34. The van der Waals surface area contributed by atoms with Crippen molar-refractivity contribution in [2.24, 2.45) is 7.05 Å². The molecule has 7 nitrogen and oxygen atoms in total. The zero-order valence-corrected chi connectivity index (χ0v) is 16.5. The summed E-state index contributed by atoms with van der Waals surface area (Å²) in [5, 5.41) is 12.6. The number of amides is 2. The van der Waals surface area contributed by atoms with Crippen LogP contribution in [0.1, 0.15) is 20.8 Å². The standard InChI is InChI=1S/C17H15Cl2N5O2S/c1-24-8-11(7-22-24)17-23-14(9-27-17)16(26)21-5-4-20-15(25)10-2-3-12(18)13(19)6-10/h2-3,6-9H,4-5H2,1H3,(H,20,25)(H,21,26). The van der Waals surface area contributed by atoms with Crippen molar-refractivity contribution in [2.75, 3.05) is 13.1 Å². The van der Waals surface area contributed by atoms with Crippen LogP contribution in [0.5, 0.6) is 0 Å². The SMILES string of the molecule is Cn1cc(-c2nc(C(=O)NCCNC(=O)c3ccc(Cl)c(Cl)c3)cs2)cn1. The molecule has 0 saturated heterocycles. The van der Waals surface area contributed by atoms with Crippen molar-refractivity contribution in [2.45, 2.75) is 0 Å². The van der Waals surface area contributed by atoms with E-state index in [1.807, 2.05) is 13.2 Å². The molecule has 3 rings (SSSR count). The highest BCUT2D eigenvalue weighted by Gasteiger charge is 2.13. The van der Waals surface area contributed by atoms with Gasteiger partial charge in [-0.25, -0.2) is 4.98 Å². The summed E-state index contributed by atoms with van der Waals surface area (Å²) in [5.41, 5.74) is 1.58. The molecule has 2 amide bonds. The molecule has 3 aromatic rings. The largest absolute Gasteiger partial charge is 0.350 e. The van der Waals surface area contributed by atoms with Gasteiger partial charge in [-0.15, -0.1) is 11.3 Å². The highest BCUT2D eigenvalue weighted by Crippen LogP contribution is 2.23. The number of benzene rings is 1. The predicted octanol–water partition coefficient (Wildman–Crippen LogP) is 3.01. The number of aromatic nitrogens is 3. The Morgan fingerprint density at radius 1 is 1.15 bits per heavy atom. The van der Waals surface area contributed by atoms with Gasteiger partial charge in [0, 0.05) is 42.8 Å². The highest BCUT2D eigenvalue weighted by atomic mass is 35.5. The first-order valence-electron chi connectivity index (χ1n) is 7.90. The number of hydrogen-bond acceptors (Lipinski definition) is 5. The second kappa shape index (κ2) is 8.51. The molecule has 140 valence electrons. The monoisotopic (exact) mass is 423 g/mol. The second-order valence-electron chi connectivity index (χ2n) is 5.58. The van der Waals surface area contributed by atoms with Crippen molar-refractivity contribution in [3.05, 3.63) is 57.3 Å². The molecule has 0 saturated carbocycles. The van der Waals surface area contributed by atoms with Crippen molar-refractivity contribution in [3.8, 4) is 10.6 Å². The van der Waals surface area contributed by atoms with Crippen LogP contribution in [0.15, 0.2) is 36.0 Å². The summed E-state index contributed by atoms with van der Waals surface area (Å²) < 4.78 is 1.67. The Bertz CT molecular complexity index is 985. The van der Waals surface area contributed by atoms with Gasteiger partial charge in [0.15, 0.2) is 0 Å². The van der Waals surface area contributed by atoms with Crippen LogP contribution in [0.4, 0.5) is 0 Å². The van der Waals surface area contributed by atoms with Gasteiger partial charge in [-0.05, 0) is 18.2 Å². The molecular formula is C17H15Cl2N5O2S. The Balaban J connectivity index is 1.47. The quantitative estimate of drug-likeness (QED) is 0.596. The Hall–Kier alpha value is -2.42. The second-order valence-corrected chi connectivity index (χ2v) is 7.25. The Morgan fingerprint density at radius 2 is 1.89 bits per heavy atom. The van der Waals surface area contributed by atoms with E-state index in [1.165, 1.54) is 17.4 Å². The van der Waals surface area contributed by atoms with Crippen LogP contribution in [-0.4, -0.2) is 39.7 Å². The molecule has 0 unspecified atom stereocenters. The van der Waals surface area contributed by atoms with E-state index in [1.54, 1.807) is 28.4 Å². The lowest BCUT2D eigenvalue weighted by molar-refractivity contribution is 0.0925. The van der Waals surface area contributed by atoms with Crippen molar-refractivity contribution in [1.82, 2.24) is 25.4 Å². The summed E-state index contributed by atoms with van der Waals surface area (Å²) in [6.45, 7) is 0.538. The van der Waals surface area contributed by atoms with Crippen LogP contribution in [0.25, 0.3) is 10.6 Å². The van der Waals surface area contributed by atoms with Crippen molar-refractivity contribution in [1.29, 1.82) is 0 Å². The number of hydrogen-bond donors (Lipinski definition) is 2. The van der Waals surface area contributed by atoms with Crippen LogP contribution in [-0.2, 0) is 7.05 Å². The summed E-state index contributed by atoms with van der Waals surface area (Å²) in [6, 6.07) is 4.63. The number of aryl methyl sites for hydroxylation is 1. The average Bonchev–Trinajstić information content (AvgIpc) is 3.29. The lowest BCUT2D eigenvalue weighted by atomic mass is 10.2. The fourth-order valence-corrected chi connectivity index (χ4v) is 3.30. The Kier molecular flexibility index (Phi) is 6.10. The van der Waals surface area contributed by atoms with Gasteiger partial charge in [0.1, 0.15) is 10.7 Å². The fourth-order valence-electron chi connectivity index (χ4n) is 2.22. The molecule has 2 N–H and O–H groups in total. The number of nitrogens with one attached hydrogen (secondary N) is 2. The Labute approximate surface area is 169 Å². The third-order valence-electron chi connectivity index (χ3n) is 3.57. The average molecular weight is 424 g/mol. The maximum atomic E-state index is 12.2. The van der Waals surface area contributed by atoms with E-state index in [0.717, 1.165) is 10.6 Å². The van der Waals surface area contributed by atoms with E-state index in [4.69, 9.17) is 23.2 Å². The minimum Gasteiger partial charge on any atom is -0.350 e. The van der Waals surface area contributed by atoms with E-state index in [0.29, 0.717) is 21.3 Å². The first kappa shape index (κ1) is 19.3. The number of carbonyl (C=O) groups is 2. The molecule has 10 heteroatoms. The van der Waals surface area contributed by atoms with Gasteiger partial charge < -0.3 is 10.6 Å². The smallest absolute Gasteiger partial charge is 0.270 e. The number of halogens is 2. The van der Waals surface area contributed by atoms with Crippen LogP contribution >= 0.6 is 34.5 Å². The highest BCUT2D eigenvalue weighted by molar-refractivity contribution is 7.13. The number of nitrogens with zero attached hydrogens (tertiary/aromatic N) is 3. The van der Waals surface area contributed by atoms with Gasteiger partial charge in [0.25, 0.3) is 11.8 Å². The van der Waals surface area contributed by atoms with Crippen LogP contribution < -0.4 is 10.6 Å². The molecule has 0 aliphatic heterocycles. The molecule has 1 aromatic carbocycles.